The van der Waals surface area contributed by atoms with E-state index >= 15 is 0 Å². The number of nitrogens with zero attached hydrogens (tertiary/aromatic N) is 1. The number of Topliss-reactive ketones (excluding diaryl/α,β-unsaturated/α-hetero) is 1. The molecule has 4 atom stereocenters. The van der Waals surface area contributed by atoms with E-state index in [4.69, 9.17) is 18.9 Å². The summed E-state index contributed by atoms with van der Waals surface area (Å²) in [4.78, 5) is 24.8. The Labute approximate surface area is 147 Å². The molecule has 0 aromatic rings. The molecule has 1 saturated heterocycles. The van der Waals surface area contributed by atoms with Gasteiger partial charge in [-0.1, -0.05) is 0 Å². The minimum absolute atomic E-state index is 0.191. The largest absolute Gasteiger partial charge is 0.382 e. The van der Waals surface area contributed by atoms with E-state index < -0.39 is 36.7 Å². The third-order valence-corrected chi connectivity index (χ3v) is 3.91. The highest BCUT2D eigenvalue weighted by Gasteiger charge is 2.51. The van der Waals surface area contributed by atoms with Crippen molar-refractivity contribution in [1.82, 2.24) is 4.90 Å². The lowest BCUT2D eigenvalue weighted by atomic mass is 10.1. The Hall–Kier alpha value is -1.36. The first-order valence-electron chi connectivity index (χ1n) is 7.87. The number of carbonyl (C=O) groups is 2. The van der Waals surface area contributed by atoms with Crippen LogP contribution in [-0.4, -0.2) is 85.1 Å². The summed E-state index contributed by atoms with van der Waals surface area (Å²) >= 11 is 0. The van der Waals surface area contributed by atoms with Crippen molar-refractivity contribution in [2.75, 3.05) is 27.4 Å². The zero-order valence-corrected chi connectivity index (χ0v) is 15.2. The molecule has 1 rings (SSSR count). The van der Waals surface area contributed by atoms with Crippen LogP contribution in [0.2, 0.25) is 0 Å². The van der Waals surface area contributed by atoms with E-state index in [1.807, 2.05) is 0 Å². The van der Waals surface area contributed by atoms with Crippen molar-refractivity contribution in [2.24, 2.45) is 0 Å². The maximum absolute atomic E-state index is 12.1. The molecule has 0 aliphatic carbocycles. The molecule has 2 N–H and O–H groups in total. The summed E-state index contributed by atoms with van der Waals surface area (Å²) < 4.78 is 21.6. The van der Waals surface area contributed by atoms with Gasteiger partial charge in [0.25, 0.3) is 0 Å². The molecule has 0 saturated carbocycles. The van der Waals surface area contributed by atoms with Crippen LogP contribution in [0.25, 0.3) is 0 Å². The van der Waals surface area contributed by atoms with Crippen LogP contribution in [0.15, 0.2) is 11.8 Å². The van der Waals surface area contributed by atoms with Gasteiger partial charge in [0.15, 0.2) is 18.3 Å². The molecule has 1 aliphatic heterocycles. The van der Waals surface area contributed by atoms with Crippen LogP contribution in [0.5, 0.6) is 0 Å². The molecule has 0 spiro atoms. The Morgan fingerprint density at radius 2 is 1.80 bits per heavy atom. The van der Waals surface area contributed by atoms with Crippen molar-refractivity contribution in [2.45, 2.75) is 51.6 Å². The number of methoxy groups -OCH3 is 2. The second kappa shape index (κ2) is 9.95. The summed E-state index contributed by atoms with van der Waals surface area (Å²) in [6, 6.07) is 0. The number of amides is 1. The van der Waals surface area contributed by atoms with Crippen LogP contribution < -0.4 is 0 Å². The van der Waals surface area contributed by atoms with Crippen molar-refractivity contribution >= 4 is 11.7 Å². The van der Waals surface area contributed by atoms with Gasteiger partial charge in [-0.3, -0.25) is 14.5 Å². The number of ether oxygens (including phenoxy) is 4. The van der Waals surface area contributed by atoms with Crippen LogP contribution in [0, 0.1) is 0 Å². The Morgan fingerprint density at radius 3 is 2.24 bits per heavy atom. The molecule has 1 fully saturated rings. The van der Waals surface area contributed by atoms with E-state index in [0.29, 0.717) is 12.2 Å². The molecule has 25 heavy (non-hydrogen) atoms. The number of aliphatic hydroxyl groups excluding tert-OH is 1. The van der Waals surface area contributed by atoms with Crippen molar-refractivity contribution in [3.63, 3.8) is 0 Å². The molecule has 1 amide bonds. The molecular formula is C16H27NO8. The van der Waals surface area contributed by atoms with Gasteiger partial charge in [0.05, 0.1) is 13.2 Å². The molecule has 0 radical (unpaired) electrons. The SMILES string of the molecule is COCCO[C@@H]1[C@H](OC)C(C(O)O)O[C@H]1N(/C=C(/C)C(C)=O)C(C)=O. The molecule has 1 unspecified atom stereocenters. The lowest BCUT2D eigenvalue weighted by Gasteiger charge is -2.30. The second-order valence-electron chi connectivity index (χ2n) is 5.73. The standard InChI is InChI=1S/C16H27NO8/c1-9(10(2)18)8-17(11(3)19)15-13(24-7-6-22-4)12(23-5)14(25-15)16(20)21/h8,12-16,20-21H,6-7H2,1-5H3/b9-8-/t12-,13+,14?,15+/m0/s1. The van der Waals surface area contributed by atoms with Gasteiger partial charge in [-0.25, -0.2) is 0 Å². The maximum atomic E-state index is 12.1. The van der Waals surface area contributed by atoms with Crippen molar-refractivity contribution in [3.8, 4) is 0 Å². The highest BCUT2D eigenvalue weighted by molar-refractivity contribution is 5.93. The molecule has 1 aliphatic rings. The first kappa shape index (κ1) is 21.7. The van der Waals surface area contributed by atoms with Gasteiger partial charge in [-0.05, 0) is 13.8 Å². The van der Waals surface area contributed by atoms with Crippen LogP contribution >= 0.6 is 0 Å². The maximum Gasteiger partial charge on any atom is 0.225 e. The fourth-order valence-electron chi connectivity index (χ4n) is 2.48. The van der Waals surface area contributed by atoms with E-state index in [0.717, 1.165) is 0 Å². The summed E-state index contributed by atoms with van der Waals surface area (Å²) in [5, 5.41) is 19.1. The van der Waals surface area contributed by atoms with Crippen LogP contribution in [-0.2, 0) is 28.5 Å². The Bertz CT molecular complexity index is 493. The predicted molar refractivity (Wildman–Crippen MR) is 86.3 cm³/mol. The summed E-state index contributed by atoms with van der Waals surface area (Å²) in [7, 11) is 2.90. The Morgan fingerprint density at radius 1 is 1.16 bits per heavy atom. The number of ketones is 1. The molecule has 1 heterocycles. The van der Waals surface area contributed by atoms with Gasteiger partial charge in [-0.15, -0.1) is 0 Å². The number of rotatable bonds is 9. The Kier molecular flexibility index (Phi) is 8.63. The second-order valence-corrected chi connectivity index (χ2v) is 5.73. The summed E-state index contributed by atoms with van der Waals surface area (Å²) in [5.41, 5.74) is 0.344. The van der Waals surface area contributed by atoms with Gasteiger partial charge >= 0.3 is 0 Å². The van der Waals surface area contributed by atoms with Crippen molar-refractivity contribution in [3.05, 3.63) is 11.8 Å². The third-order valence-electron chi connectivity index (χ3n) is 3.91. The molecule has 0 aromatic carbocycles. The van der Waals surface area contributed by atoms with Gasteiger partial charge in [-0.2, -0.15) is 0 Å². The summed E-state index contributed by atoms with van der Waals surface area (Å²) in [6.45, 7) is 4.75. The van der Waals surface area contributed by atoms with E-state index in [1.165, 1.54) is 39.2 Å². The lowest BCUT2D eigenvalue weighted by Crippen LogP contribution is -2.46. The van der Waals surface area contributed by atoms with Crippen molar-refractivity contribution in [1.29, 1.82) is 0 Å². The van der Waals surface area contributed by atoms with Crippen molar-refractivity contribution < 1.29 is 38.7 Å². The van der Waals surface area contributed by atoms with Crippen LogP contribution in [0.1, 0.15) is 20.8 Å². The van der Waals surface area contributed by atoms with E-state index in [2.05, 4.69) is 0 Å². The number of carbonyl (C=O) groups excluding carboxylic acids is 2. The van der Waals surface area contributed by atoms with Gasteiger partial charge < -0.3 is 29.2 Å². The zero-order chi connectivity index (χ0) is 19.1. The first-order valence-corrected chi connectivity index (χ1v) is 7.87. The normalized spacial score (nSPS) is 27.0. The monoisotopic (exact) mass is 361 g/mol. The van der Waals surface area contributed by atoms with Gasteiger partial charge in [0.2, 0.25) is 5.91 Å². The quantitative estimate of drug-likeness (QED) is 0.318. The minimum Gasteiger partial charge on any atom is -0.382 e. The first-order chi connectivity index (χ1) is 11.7. The average Bonchev–Trinajstić information content (AvgIpc) is 2.90. The highest BCUT2D eigenvalue weighted by atomic mass is 16.6. The number of hydrogen-bond acceptors (Lipinski definition) is 8. The van der Waals surface area contributed by atoms with E-state index in [1.54, 1.807) is 6.92 Å². The molecule has 0 aromatic heterocycles. The van der Waals surface area contributed by atoms with Crippen LogP contribution in [0.4, 0.5) is 0 Å². The molecule has 0 bridgehead atoms. The molecular weight excluding hydrogens is 334 g/mol. The topological polar surface area (TPSA) is 115 Å². The Balaban J connectivity index is 3.16. The van der Waals surface area contributed by atoms with Gasteiger partial charge in [0.1, 0.15) is 18.3 Å². The number of aliphatic hydroxyl groups is 2. The average molecular weight is 361 g/mol. The summed E-state index contributed by atoms with van der Waals surface area (Å²) in [5.74, 6) is -0.600. The van der Waals surface area contributed by atoms with E-state index in [-0.39, 0.29) is 12.4 Å². The highest BCUT2D eigenvalue weighted by Crippen LogP contribution is 2.30. The number of allylic oxidation sites excluding steroid dienone is 1. The van der Waals surface area contributed by atoms with E-state index in [9.17, 15) is 19.8 Å². The fourth-order valence-corrected chi connectivity index (χ4v) is 2.48. The fraction of sp³-hybridized carbons (Fsp3) is 0.750. The molecule has 9 nitrogen and oxygen atoms in total. The lowest BCUT2D eigenvalue weighted by molar-refractivity contribution is -0.179. The number of hydrogen-bond donors (Lipinski definition) is 2. The smallest absolute Gasteiger partial charge is 0.225 e. The van der Waals surface area contributed by atoms with Gasteiger partial charge in [0, 0.05) is 32.9 Å². The predicted octanol–water partition coefficient (Wildman–Crippen LogP) is -0.590. The van der Waals surface area contributed by atoms with Crippen LogP contribution in [0.3, 0.4) is 0 Å². The molecule has 9 heteroatoms. The summed E-state index contributed by atoms with van der Waals surface area (Å²) in [6.07, 6.45) is -4.19. The third kappa shape index (κ3) is 5.56. The molecule has 144 valence electrons. The minimum atomic E-state index is -1.82. The zero-order valence-electron chi connectivity index (χ0n) is 15.2.